The zero-order valence-corrected chi connectivity index (χ0v) is 5.92. The van der Waals surface area contributed by atoms with Gasteiger partial charge in [-0.2, -0.15) is 0 Å². The second kappa shape index (κ2) is 3.15. The van der Waals surface area contributed by atoms with Crippen molar-refractivity contribution in [3.63, 3.8) is 0 Å². The van der Waals surface area contributed by atoms with Crippen molar-refractivity contribution in [2.75, 3.05) is 0 Å². The number of carbonyl (C=O) groups is 1. The number of carbonyl (C=O) groups excluding carboxylic acids is 1. The molecule has 1 aromatic heterocycles. The van der Waals surface area contributed by atoms with Crippen LogP contribution < -0.4 is 0 Å². The van der Waals surface area contributed by atoms with Crippen molar-refractivity contribution in [1.29, 1.82) is 0 Å². The highest BCUT2D eigenvalue weighted by Gasteiger charge is 1.94. The fourth-order valence-corrected chi connectivity index (χ4v) is 0.803. The van der Waals surface area contributed by atoms with Gasteiger partial charge in [0.1, 0.15) is 12.1 Å². The van der Waals surface area contributed by atoms with Gasteiger partial charge < -0.3 is 9.78 Å². The standard InChI is InChI=1S/C7H10N2O/c1-6-8-5-7(9-6)3-2-4-10/h4-5H,2-3H2,1H3,(H,8,9). The largest absolute Gasteiger partial charge is 0.349 e. The molecule has 0 amide bonds. The molecule has 3 nitrogen and oxygen atoms in total. The summed E-state index contributed by atoms with van der Waals surface area (Å²) in [5.41, 5.74) is 0.963. The quantitative estimate of drug-likeness (QED) is 0.629. The van der Waals surface area contributed by atoms with E-state index in [0.29, 0.717) is 6.42 Å². The van der Waals surface area contributed by atoms with Crippen LogP contribution >= 0.6 is 0 Å². The Balaban J connectivity index is 2.49. The molecule has 1 N–H and O–H groups in total. The van der Waals surface area contributed by atoms with Gasteiger partial charge >= 0.3 is 0 Å². The first-order chi connectivity index (χ1) is 4.83. The van der Waals surface area contributed by atoms with Gasteiger partial charge in [0.05, 0.1) is 5.69 Å². The summed E-state index contributed by atoms with van der Waals surface area (Å²) in [5.74, 6) is 0.904. The van der Waals surface area contributed by atoms with Crippen LogP contribution in [0.15, 0.2) is 6.20 Å². The molecule has 0 saturated carbocycles. The van der Waals surface area contributed by atoms with Gasteiger partial charge in [-0.3, -0.25) is 0 Å². The first kappa shape index (κ1) is 6.99. The fourth-order valence-electron chi connectivity index (χ4n) is 0.803. The van der Waals surface area contributed by atoms with Crippen LogP contribution in [-0.4, -0.2) is 16.3 Å². The molecule has 0 aromatic carbocycles. The Labute approximate surface area is 59.5 Å². The number of H-pyrrole nitrogens is 1. The zero-order chi connectivity index (χ0) is 7.40. The van der Waals surface area contributed by atoms with Gasteiger partial charge in [0.2, 0.25) is 0 Å². The average molecular weight is 138 g/mol. The molecule has 0 saturated heterocycles. The number of aryl methyl sites for hydroxylation is 2. The van der Waals surface area contributed by atoms with Gasteiger partial charge in [-0.25, -0.2) is 4.98 Å². The molecule has 0 fully saturated rings. The van der Waals surface area contributed by atoms with Crippen LogP contribution in [0, 0.1) is 6.92 Å². The summed E-state index contributed by atoms with van der Waals surface area (Å²) in [4.78, 5) is 17.0. The molecule has 1 heterocycles. The molecule has 0 bridgehead atoms. The molecule has 0 aliphatic carbocycles. The molecule has 0 atom stereocenters. The van der Waals surface area contributed by atoms with Crippen molar-refractivity contribution in [3.8, 4) is 0 Å². The summed E-state index contributed by atoms with van der Waals surface area (Å²) in [7, 11) is 0. The van der Waals surface area contributed by atoms with E-state index in [2.05, 4.69) is 9.97 Å². The van der Waals surface area contributed by atoms with Crippen molar-refractivity contribution < 1.29 is 4.79 Å². The van der Waals surface area contributed by atoms with Crippen LogP contribution in [0.1, 0.15) is 17.9 Å². The first-order valence-electron chi connectivity index (χ1n) is 3.27. The Morgan fingerprint density at radius 3 is 3.10 bits per heavy atom. The van der Waals surface area contributed by atoms with E-state index in [1.165, 1.54) is 0 Å². The van der Waals surface area contributed by atoms with Gasteiger partial charge in [-0.15, -0.1) is 0 Å². The summed E-state index contributed by atoms with van der Waals surface area (Å²) in [6.07, 6.45) is 4.04. The minimum atomic E-state index is 0.560. The number of imidazole rings is 1. The Morgan fingerprint density at radius 1 is 1.80 bits per heavy atom. The van der Waals surface area contributed by atoms with Gasteiger partial charge in [0.25, 0.3) is 0 Å². The Morgan fingerprint density at radius 2 is 2.60 bits per heavy atom. The van der Waals surface area contributed by atoms with E-state index in [-0.39, 0.29) is 0 Å². The Kier molecular flexibility index (Phi) is 2.20. The third-order valence-corrected chi connectivity index (χ3v) is 1.28. The Hall–Kier alpha value is -1.12. The number of nitrogens with zero attached hydrogens (tertiary/aromatic N) is 1. The lowest BCUT2D eigenvalue weighted by Gasteiger charge is -1.85. The normalized spacial score (nSPS) is 9.70. The number of hydrogen-bond donors (Lipinski definition) is 1. The van der Waals surface area contributed by atoms with Gasteiger partial charge in [-0.1, -0.05) is 0 Å². The number of aromatic amines is 1. The van der Waals surface area contributed by atoms with E-state index in [1.54, 1.807) is 0 Å². The minimum Gasteiger partial charge on any atom is -0.349 e. The highest BCUT2D eigenvalue weighted by Crippen LogP contribution is 1.97. The van der Waals surface area contributed by atoms with E-state index in [4.69, 9.17) is 0 Å². The smallest absolute Gasteiger partial charge is 0.120 e. The maximum atomic E-state index is 9.95. The van der Waals surface area contributed by atoms with Crippen LogP contribution in [0.5, 0.6) is 0 Å². The van der Waals surface area contributed by atoms with Crippen LogP contribution in [0.2, 0.25) is 0 Å². The summed E-state index contributed by atoms with van der Waals surface area (Å²) >= 11 is 0. The lowest BCUT2D eigenvalue weighted by molar-refractivity contribution is -0.107. The van der Waals surface area contributed by atoms with Crippen molar-refractivity contribution in [2.24, 2.45) is 0 Å². The monoisotopic (exact) mass is 138 g/mol. The van der Waals surface area contributed by atoms with Crippen molar-refractivity contribution >= 4 is 6.29 Å². The summed E-state index contributed by atoms with van der Waals surface area (Å²) in [6, 6.07) is 0. The van der Waals surface area contributed by atoms with E-state index in [1.807, 2.05) is 13.1 Å². The summed E-state index contributed by atoms with van der Waals surface area (Å²) in [5, 5.41) is 0. The lowest BCUT2D eigenvalue weighted by atomic mass is 10.3. The second-order valence-electron chi connectivity index (χ2n) is 2.18. The zero-order valence-electron chi connectivity index (χ0n) is 5.92. The number of hydrogen-bond acceptors (Lipinski definition) is 2. The molecule has 10 heavy (non-hydrogen) atoms. The molecular weight excluding hydrogens is 128 g/mol. The van der Waals surface area contributed by atoms with Crippen molar-refractivity contribution in [2.45, 2.75) is 19.8 Å². The number of rotatable bonds is 3. The summed E-state index contributed by atoms with van der Waals surface area (Å²) < 4.78 is 0. The molecule has 0 radical (unpaired) electrons. The molecule has 3 heteroatoms. The minimum absolute atomic E-state index is 0.560. The van der Waals surface area contributed by atoms with E-state index < -0.39 is 0 Å². The van der Waals surface area contributed by atoms with Crippen LogP contribution in [0.25, 0.3) is 0 Å². The molecule has 0 spiro atoms. The van der Waals surface area contributed by atoms with Gasteiger partial charge in [-0.05, 0) is 13.3 Å². The van der Waals surface area contributed by atoms with E-state index >= 15 is 0 Å². The number of aromatic nitrogens is 2. The highest BCUT2D eigenvalue weighted by atomic mass is 16.1. The SMILES string of the molecule is Cc1nc(CCC=O)c[nH]1. The van der Waals surface area contributed by atoms with E-state index in [0.717, 1.165) is 24.2 Å². The molecule has 54 valence electrons. The fraction of sp³-hybridized carbons (Fsp3) is 0.429. The lowest BCUT2D eigenvalue weighted by Crippen LogP contribution is -1.85. The molecule has 0 aliphatic heterocycles. The third-order valence-electron chi connectivity index (χ3n) is 1.28. The van der Waals surface area contributed by atoms with Crippen molar-refractivity contribution in [1.82, 2.24) is 9.97 Å². The van der Waals surface area contributed by atoms with E-state index in [9.17, 15) is 4.79 Å². The van der Waals surface area contributed by atoms with Crippen molar-refractivity contribution in [3.05, 3.63) is 17.7 Å². The van der Waals surface area contributed by atoms with Crippen LogP contribution in [-0.2, 0) is 11.2 Å². The first-order valence-corrected chi connectivity index (χ1v) is 3.27. The molecule has 1 rings (SSSR count). The maximum absolute atomic E-state index is 9.95. The highest BCUT2D eigenvalue weighted by molar-refractivity contribution is 5.49. The predicted octanol–water partition coefficient (Wildman–Crippen LogP) is 0.850. The van der Waals surface area contributed by atoms with Crippen LogP contribution in [0.3, 0.4) is 0 Å². The third kappa shape index (κ3) is 1.69. The molecular formula is C7H10N2O. The number of aldehydes is 1. The molecule has 1 aromatic rings. The molecule has 0 aliphatic rings. The van der Waals surface area contributed by atoms with Crippen LogP contribution in [0.4, 0.5) is 0 Å². The summed E-state index contributed by atoms with van der Waals surface area (Å²) in [6.45, 7) is 1.89. The van der Waals surface area contributed by atoms with Gasteiger partial charge in [0.15, 0.2) is 0 Å². The average Bonchev–Trinajstić information content (AvgIpc) is 2.31. The van der Waals surface area contributed by atoms with Gasteiger partial charge in [0, 0.05) is 12.6 Å². The predicted molar refractivity (Wildman–Crippen MR) is 37.7 cm³/mol. The molecule has 0 unspecified atom stereocenters. The number of nitrogens with one attached hydrogen (secondary N) is 1. The second-order valence-corrected chi connectivity index (χ2v) is 2.18. The topological polar surface area (TPSA) is 45.8 Å². The Bertz CT molecular complexity index is 217. The maximum Gasteiger partial charge on any atom is 0.120 e.